The van der Waals surface area contributed by atoms with Crippen LogP contribution in [0.25, 0.3) is 0 Å². The summed E-state index contributed by atoms with van der Waals surface area (Å²) in [6, 6.07) is 9.01. The Balaban J connectivity index is 1.54. The molecule has 0 N–H and O–H groups in total. The van der Waals surface area contributed by atoms with Gasteiger partial charge in [0.2, 0.25) is 0 Å². The minimum atomic E-state index is -3.05. The van der Waals surface area contributed by atoms with E-state index in [1.807, 2.05) is 30.3 Å². The first kappa shape index (κ1) is 17.0. The van der Waals surface area contributed by atoms with Crippen molar-refractivity contribution < 1.29 is 22.7 Å². The second kappa shape index (κ2) is 6.93. The summed E-state index contributed by atoms with van der Waals surface area (Å²) >= 11 is 0. The molecule has 6 nitrogen and oxygen atoms in total. The standard InChI is InChI=1S/C17H21NO5S/c19-16(11-23-17(20)10-13-4-2-1-3-5-13)18(14-6-7-14)15-8-9-24(21,22)12-15/h1-5,14-15H,6-12H2/t15-/m0/s1. The van der Waals surface area contributed by atoms with Crippen LogP contribution in [0.3, 0.4) is 0 Å². The van der Waals surface area contributed by atoms with Crippen molar-refractivity contribution in [2.45, 2.75) is 37.8 Å². The van der Waals surface area contributed by atoms with Crippen molar-refractivity contribution in [3.63, 3.8) is 0 Å². The normalized spacial score (nSPS) is 22.1. The number of amides is 1. The number of esters is 1. The Bertz CT molecular complexity index is 712. The van der Waals surface area contributed by atoms with Crippen molar-refractivity contribution in [2.75, 3.05) is 18.1 Å². The summed E-state index contributed by atoms with van der Waals surface area (Å²) in [4.78, 5) is 25.9. The van der Waals surface area contributed by atoms with E-state index in [2.05, 4.69) is 0 Å². The molecule has 1 saturated heterocycles. The third-order valence-electron chi connectivity index (χ3n) is 4.38. The summed E-state index contributed by atoms with van der Waals surface area (Å²) < 4.78 is 28.4. The van der Waals surface area contributed by atoms with Crippen LogP contribution in [0.5, 0.6) is 0 Å². The molecule has 7 heteroatoms. The fourth-order valence-corrected chi connectivity index (χ4v) is 4.79. The van der Waals surface area contributed by atoms with Crippen LogP contribution in [0.15, 0.2) is 30.3 Å². The van der Waals surface area contributed by atoms with Crippen LogP contribution >= 0.6 is 0 Å². The number of ether oxygens (including phenoxy) is 1. The smallest absolute Gasteiger partial charge is 0.310 e. The van der Waals surface area contributed by atoms with Crippen LogP contribution in [0.1, 0.15) is 24.8 Å². The lowest BCUT2D eigenvalue weighted by molar-refractivity contribution is -0.152. The molecule has 0 unspecified atom stereocenters. The first-order valence-electron chi connectivity index (χ1n) is 8.16. The van der Waals surface area contributed by atoms with Gasteiger partial charge in [-0.05, 0) is 24.8 Å². The molecule has 1 saturated carbocycles. The Labute approximate surface area is 141 Å². The van der Waals surface area contributed by atoms with Crippen LogP contribution in [0, 0.1) is 0 Å². The minimum Gasteiger partial charge on any atom is -0.455 e. The number of nitrogens with zero attached hydrogens (tertiary/aromatic N) is 1. The SMILES string of the molecule is O=C(Cc1ccccc1)OCC(=O)N(C1CC1)[C@H]1CCS(=O)(=O)C1. The molecule has 2 aliphatic rings. The largest absolute Gasteiger partial charge is 0.455 e. The number of benzene rings is 1. The van der Waals surface area contributed by atoms with Gasteiger partial charge in [-0.3, -0.25) is 9.59 Å². The van der Waals surface area contributed by atoms with Gasteiger partial charge in [-0.15, -0.1) is 0 Å². The maximum absolute atomic E-state index is 12.4. The van der Waals surface area contributed by atoms with Gasteiger partial charge in [-0.1, -0.05) is 30.3 Å². The zero-order chi connectivity index (χ0) is 17.2. The third kappa shape index (κ3) is 4.35. The highest BCUT2D eigenvalue weighted by molar-refractivity contribution is 7.91. The molecule has 0 aromatic heterocycles. The first-order chi connectivity index (χ1) is 11.4. The predicted octanol–water partition coefficient (Wildman–Crippen LogP) is 0.950. The average Bonchev–Trinajstić information content (AvgIpc) is 3.30. The molecule has 1 aromatic carbocycles. The van der Waals surface area contributed by atoms with Crippen LogP contribution < -0.4 is 0 Å². The monoisotopic (exact) mass is 351 g/mol. The van der Waals surface area contributed by atoms with Crippen molar-refractivity contribution in [3.05, 3.63) is 35.9 Å². The zero-order valence-electron chi connectivity index (χ0n) is 13.4. The van der Waals surface area contributed by atoms with E-state index in [1.165, 1.54) is 0 Å². The second-order valence-corrected chi connectivity index (χ2v) is 8.64. The fraction of sp³-hybridized carbons (Fsp3) is 0.529. The first-order valence-corrected chi connectivity index (χ1v) is 9.98. The third-order valence-corrected chi connectivity index (χ3v) is 6.13. The maximum Gasteiger partial charge on any atom is 0.310 e. The summed E-state index contributed by atoms with van der Waals surface area (Å²) in [6.45, 7) is -0.321. The molecule has 2 fully saturated rings. The molecule has 0 spiro atoms. The van der Waals surface area contributed by atoms with Crippen molar-refractivity contribution in [3.8, 4) is 0 Å². The summed E-state index contributed by atoms with van der Waals surface area (Å²) in [6.07, 6.45) is 2.37. The number of carbonyl (C=O) groups is 2. The van der Waals surface area contributed by atoms with Crippen LogP contribution in [0.4, 0.5) is 0 Å². The lowest BCUT2D eigenvalue weighted by Crippen LogP contribution is -2.44. The summed E-state index contributed by atoms with van der Waals surface area (Å²) in [5, 5.41) is 0. The molecule has 1 aliphatic heterocycles. The molecule has 1 aromatic rings. The highest BCUT2D eigenvalue weighted by Crippen LogP contribution is 2.32. The average molecular weight is 351 g/mol. The second-order valence-electron chi connectivity index (χ2n) is 6.41. The molecule has 24 heavy (non-hydrogen) atoms. The summed E-state index contributed by atoms with van der Waals surface area (Å²) in [7, 11) is -3.05. The number of rotatable bonds is 6. The number of sulfone groups is 1. The van der Waals surface area contributed by atoms with Gasteiger partial charge in [0.25, 0.3) is 5.91 Å². The quantitative estimate of drug-likeness (QED) is 0.713. The Hall–Kier alpha value is -1.89. The van der Waals surface area contributed by atoms with Gasteiger partial charge in [-0.25, -0.2) is 8.42 Å². The number of hydrogen-bond acceptors (Lipinski definition) is 5. The Morgan fingerprint density at radius 1 is 1.08 bits per heavy atom. The van der Waals surface area contributed by atoms with Gasteiger partial charge in [0.05, 0.1) is 17.9 Å². The molecule has 0 bridgehead atoms. The van der Waals surface area contributed by atoms with E-state index in [4.69, 9.17) is 4.74 Å². The number of carbonyl (C=O) groups excluding carboxylic acids is 2. The predicted molar refractivity (Wildman–Crippen MR) is 88.0 cm³/mol. The molecule has 130 valence electrons. The molecule has 1 atom stereocenters. The highest BCUT2D eigenvalue weighted by Gasteiger charge is 2.42. The van der Waals surface area contributed by atoms with Gasteiger partial charge in [-0.2, -0.15) is 0 Å². The van der Waals surface area contributed by atoms with Gasteiger partial charge in [0, 0.05) is 12.1 Å². The van der Waals surface area contributed by atoms with Gasteiger partial charge in [0.15, 0.2) is 16.4 Å². The zero-order valence-corrected chi connectivity index (χ0v) is 14.2. The lowest BCUT2D eigenvalue weighted by atomic mass is 10.2. The number of hydrogen-bond donors (Lipinski definition) is 0. The van der Waals surface area contributed by atoms with Crippen LogP contribution in [-0.2, 0) is 30.6 Å². The van der Waals surface area contributed by atoms with Gasteiger partial charge >= 0.3 is 5.97 Å². The molecule has 1 heterocycles. The Kier molecular flexibility index (Phi) is 4.89. The van der Waals surface area contributed by atoms with Crippen molar-refractivity contribution in [2.24, 2.45) is 0 Å². The van der Waals surface area contributed by atoms with E-state index in [9.17, 15) is 18.0 Å². The summed E-state index contributed by atoms with van der Waals surface area (Å²) in [5.41, 5.74) is 0.830. The topological polar surface area (TPSA) is 80.8 Å². The molecular weight excluding hydrogens is 330 g/mol. The van der Waals surface area contributed by atoms with E-state index in [-0.39, 0.29) is 42.5 Å². The highest BCUT2D eigenvalue weighted by atomic mass is 32.2. The lowest BCUT2D eigenvalue weighted by Gasteiger charge is -2.28. The fourth-order valence-electron chi connectivity index (χ4n) is 3.08. The van der Waals surface area contributed by atoms with Gasteiger partial charge in [0.1, 0.15) is 0 Å². The van der Waals surface area contributed by atoms with E-state index in [0.717, 1.165) is 18.4 Å². The van der Waals surface area contributed by atoms with Crippen molar-refractivity contribution >= 4 is 21.7 Å². The Morgan fingerprint density at radius 2 is 1.79 bits per heavy atom. The maximum atomic E-state index is 12.4. The van der Waals surface area contributed by atoms with E-state index in [0.29, 0.717) is 6.42 Å². The van der Waals surface area contributed by atoms with Crippen LogP contribution in [-0.4, -0.2) is 55.4 Å². The van der Waals surface area contributed by atoms with E-state index in [1.54, 1.807) is 4.90 Å². The van der Waals surface area contributed by atoms with Crippen molar-refractivity contribution in [1.82, 2.24) is 4.90 Å². The van der Waals surface area contributed by atoms with Gasteiger partial charge < -0.3 is 9.64 Å². The molecule has 0 radical (unpaired) electrons. The summed E-state index contributed by atoms with van der Waals surface area (Å²) in [5.74, 6) is -0.597. The van der Waals surface area contributed by atoms with E-state index < -0.39 is 15.8 Å². The molecular formula is C17H21NO5S. The Morgan fingerprint density at radius 3 is 2.38 bits per heavy atom. The minimum absolute atomic E-state index is 0.0210. The molecule has 3 rings (SSSR count). The molecule has 1 amide bonds. The van der Waals surface area contributed by atoms with E-state index >= 15 is 0 Å². The van der Waals surface area contributed by atoms with Crippen molar-refractivity contribution in [1.29, 1.82) is 0 Å². The molecule has 1 aliphatic carbocycles. The van der Waals surface area contributed by atoms with Crippen LogP contribution in [0.2, 0.25) is 0 Å².